The number of cyclic esters (lactones) is 1. The van der Waals surface area contributed by atoms with Crippen LogP contribution in [0.25, 0.3) is 0 Å². The second-order valence-electron chi connectivity index (χ2n) is 11.6. The van der Waals surface area contributed by atoms with E-state index in [0.717, 1.165) is 12.8 Å². The quantitative estimate of drug-likeness (QED) is 0.418. The Bertz CT molecular complexity index is 1070. The van der Waals surface area contributed by atoms with Crippen molar-refractivity contribution in [3.63, 3.8) is 0 Å². The molecular weight excluding hydrogens is 476 g/mol. The summed E-state index contributed by atoms with van der Waals surface area (Å²) in [6.45, 7) is 8.87. The van der Waals surface area contributed by atoms with E-state index in [1.807, 2.05) is 0 Å². The minimum atomic E-state index is -1.41. The van der Waals surface area contributed by atoms with E-state index in [-0.39, 0.29) is 6.61 Å². The first kappa shape index (κ1) is 28.1. The third-order valence-electron chi connectivity index (χ3n) is 7.09. The Morgan fingerprint density at radius 3 is 1.65 bits per heavy atom. The normalized spacial score (nSPS) is 25.9. The summed E-state index contributed by atoms with van der Waals surface area (Å²) in [5.74, 6) is -3.78. The second kappa shape index (κ2) is 10.1. The van der Waals surface area contributed by atoms with Crippen molar-refractivity contribution in [1.29, 1.82) is 0 Å². The molecule has 37 heavy (non-hydrogen) atoms. The van der Waals surface area contributed by atoms with Crippen LogP contribution in [0.5, 0.6) is 0 Å². The standard InChI is InChI=1S/C27H38N4O6/c1-24(2)20(33)29-25(3,4)21(34)30-26(5,6)22(35)31-27(14-10-11-15-27)23(36)37-16-18(19(32)28-24)17-12-8-7-9-13-17/h7-9,12-13,18H,10-11,14-16H2,1-6H3,(H,28,32)(H,29,33)(H,30,34)(H,31,35)/t18-/m0/s1. The minimum absolute atomic E-state index is 0.268. The van der Waals surface area contributed by atoms with Crippen molar-refractivity contribution in [2.45, 2.75) is 95.3 Å². The van der Waals surface area contributed by atoms with Crippen LogP contribution in [0.3, 0.4) is 0 Å². The summed E-state index contributed by atoms with van der Waals surface area (Å²) < 4.78 is 5.68. The molecule has 2 aliphatic rings. The maximum atomic E-state index is 13.4. The predicted molar refractivity (Wildman–Crippen MR) is 136 cm³/mol. The van der Waals surface area contributed by atoms with Crippen LogP contribution in [-0.4, -0.2) is 58.4 Å². The molecular formula is C27H38N4O6. The van der Waals surface area contributed by atoms with Gasteiger partial charge in [-0.2, -0.15) is 0 Å². The van der Waals surface area contributed by atoms with Crippen molar-refractivity contribution >= 4 is 29.6 Å². The van der Waals surface area contributed by atoms with Crippen molar-refractivity contribution in [1.82, 2.24) is 21.3 Å². The number of rotatable bonds is 1. The third kappa shape index (κ3) is 6.11. The molecule has 1 saturated heterocycles. The van der Waals surface area contributed by atoms with Gasteiger partial charge in [0.15, 0.2) is 0 Å². The molecule has 1 aromatic rings. The van der Waals surface area contributed by atoms with Gasteiger partial charge in [0.05, 0.1) is 5.92 Å². The highest BCUT2D eigenvalue weighted by atomic mass is 16.5. The highest BCUT2D eigenvalue weighted by Gasteiger charge is 2.48. The molecule has 10 heteroatoms. The fraction of sp³-hybridized carbons (Fsp3) is 0.593. The van der Waals surface area contributed by atoms with E-state index in [9.17, 15) is 24.0 Å². The SMILES string of the molecule is CC1(C)NC(=O)[C@H](c2ccccc2)COC(=O)C2(CCCC2)NC(=O)C(C)(C)NC(=O)C(C)(C)NC1=O. The van der Waals surface area contributed by atoms with Crippen molar-refractivity contribution in [3.8, 4) is 0 Å². The van der Waals surface area contributed by atoms with Crippen LogP contribution in [0.4, 0.5) is 0 Å². The molecule has 4 N–H and O–H groups in total. The average molecular weight is 515 g/mol. The maximum Gasteiger partial charge on any atom is 0.331 e. The molecule has 0 aromatic heterocycles. The Hall–Kier alpha value is -3.43. The highest BCUT2D eigenvalue weighted by molar-refractivity contribution is 6.00. The van der Waals surface area contributed by atoms with Gasteiger partial charge in [-0.05, 0) is 59.9 Å². The van der Waals surface area contributed by atoms with Gasteiger partial charge in [0.25, 0.3) is 0 Å². The summed E-state index contributed by atoms with van der Waals surface area (Å²) in [7, 11) is 0. The van der Waals surface area contributed by atoms with E-state index in [1.165, 1.54) is 41.5 Å². The molecule has 0 radical (unpaired) electrons. The molecule has 1 heterocycles. The zero-order valence-corrected chi connectivity index (χ0v) is 22.4. The minimum Gasteiger partial charge on any atom is -0.463 e. The van der Waals surface area contributed by atoms with Gasteiger partial charge in [-0.1, -0.05) is 43.2 Å². The lowest BCUT2D eigenvalue weighted by atomic mass is 9.92. The molecule has 0 unspecified atom stereocenters. The number of esters is 1. The van der Waals surface area contributed by atoms with Crippen molar-refractivity contribution in [3.05, 3.63) is 35.9 Å². The van der Waals surface area contributed by atoms with E-state index in [1.54, 1.807) is 30.3 Å². The van der Waals surface area contributed by atoms with Crippen molar-refractivity contribution in [2.75, 3.05) is 6.61 Å². The van der Waals surface area contributed by atoms with Crippen LogP contribution < -0.4 is 21.3 Å². The fourth-order valence-corrected chi connectivity index (χ4v) is 4.48. The van der Waals surface area contributed by atoms with Gasteiger partial charge in [0.1, 0.15) is 28.8 Å². The molecule has 202 valence electrons. The lowest BCUT2D eigenvalue weighted by molar-refractivity contribution is -0.156. The monoisotopic (exact) mass is 514 g/mol. The predicted octanol–water partition coefficient (Wildman–Crippen LogP) is 1.44. The van der Waals surface area contributed by atoms with Crippen molar-refractivity contribution < 1.29 is 28.7 Å². The first-order valence-corrected chi connectivity index (χ1v) is 12.6. The van der Waals surface area contributed by atoms with Gasteiger partial charge < -0.3 is 26.0 Å². The van der Waals surface area contributed by atoms with E-state index >= 15 is 0 Å². The van der Waals surface area contributed by atoms with Crippen LogP contribution in [0.1, 0.15) is 78.7 Å². The lowest BCUT2D eigenvalue weighted by Crippen LogP contribution is -2.68. The molecule has 4 amide bonds. The Morgan fingerprint density at radius 2 is 1.14 bits per heavy atom. The fourth-order valence-electron chi connectivity index (χ4n) is 4.48. The molecule has 3 rings (SSSR count). The van der Waals surface area contributed by atoms with Gasteiger partial charge >= 0.3 is 5.97 Å². The molecule has 1 aromatic carbocycles. The number of hydrogen-bond acceptors (Lipinski definition) is 6. The zero-order valence-electron chi connectivity index (χ0n) is 22.4. The first-order chi connectivity index (χ1) is 17.1. The summed E-state index contributed by atoms with van der Waals surface area (Å²) >= 11 is 0. The molecule has 1 spiro atoms. The van der Waals surface area contributed by atoms with E-state index in [0.29, 0.717) is 18.4 Å². The number of ether oxygens (including phenoxy) is 1. The number of amides is 4. The molecule has 10 nitrogen and oxygen atoms in total. The van der Waals surface area contributed by atoms with Crippen LogP contribution in [0, 0.1) is 0 Å². The van der Waals surface area contributed by atoms with E-state index < -0.39 is 57.7 Å². The number of hydrogen-bond donors (Lipinski definition) is 4. The molecule has 1 aliphatic carbocycles. The van der Waals surface area contributed by atoms with Crippen LogP contribution >= 0.6 is 0 Å². The largest absolute Gasteiger partial charge is 0.463 e. The summed E-state index contributed by atoms with van der Waals surface area (Å²) in [6.07, 6.45) is 2.22. The van der Waals surface area contributed by atoms with Gasteiger partial charge in [0.2, 0.25) is 23.6 Å². The molecule has 1 atom stereocenters. The van der Waals surface area contributed by atoms with Gasteiger partial charge in [-0.15, -0.1) is 0 Å². The van der Waals surface area contributed by atoms with E-state index in [4.69, 9.17) is 4.74 Å². The van der Waals surface area contributed by atoms with Gasteiger partial charge in [0, 0.05) is 0 Å². The average Bonchev–Trinajstić information content (AvgIpc) is 3.28. The summed E-state index contributed by atoms with van der Waals surface area (Å²) in [4.78, 5) is 66.4. The summed E-state index contributed by atoms with van der Waals surface area (Å²) in [5.41, 5.74) is -4.84. The Kier molecular flexibility index (Phi) is 7.72. The van der Waals surface area contributed by atoms with Gasteiger partial charge in [-0.3, -0.25) is 19.2 Å². The smallest absolute Gasteiger partial charge is 0.331 e. The first-order valence-electron chi connectivity index (χ1n) is 12.6. The number of nitrogens with one attached hydrogen (secondary N) is 4. The molecule has 0 bridgehead atoms. The Labute approximate surface area is 217 Å². The van der Waals surface area contributed by atoms with Crippen LogP contribution in [-0.2, 0) is 28.7 Å². The second-order valence-corrected chi connectivity index (χ2v) is 11.6. The highest BCUT2D eigenvalue weighted by Crippen LogP contribution is 2.32. The maximum absolute atomic E-state index is 13.4. The summed E-state index contributed by atoms with van der Waals surface area (Å²) in [6, 6.07) is 8.82. The van der Waals surface area contributed by atoms with Crippen LogP contribution in [0.15, 0.2) is 30.3 Å². The number of carbonyl (C=O) groups is 5. The molecule has 2 fully saturated rings. The third-order valence-corrected chi connectivity index (χ3v) is 7.09. The molecule has 1 saturated carbocycles. The van der Waals surface area contributed by atoms with E-state index in [2.05, 4.69) is 21.3 Å². The topological polar surface area (TPSA) is 143 Å². The van der Waals surface area contributed by atoms with Gasteiger partial charge in [-0.25, -0.2) is 4.79 Å². The number of carbonyl (C=O) groups excluding carboxylic acids is 5. The summed E-state index contributed by atoms with van der Waals surface area (Å²) in [5, 5.41) is 10.9. The van der Waals surface area contributed by atoms with Crippen LogP contribution in [0.2, 0.25) is 0 Å². The molecule has 1 aliphatic heterocycles. The Morgan fingerprint density at radius 1 is 0.676 bits per heavy atom. The van der Waals surface area contributed by atoms with Crippen molar-refractivity contribution in [2.24, 2.45) is 0 Å². The zero-order chi connectivity index (χ0) is 27.6. The lowest BCUT2D eigenvalue weighted by Gasteiger charge is -2.37. The Balaban J connectivity index is 2.03. The number of benzene rings is 1.